The van der Waals surface area contributed by atoms with Crippen LogP contribution in [0.15, 0.2) is 42.5 Å². The molecule has 0 spiro atoms. The van der Waals surface area contributed by atoms with Gasteiger partial charge in [-0.1, -0.05) is 79.2 Å². The van der Waals surface area contributed by atoms with E-state index in [4.69, 9.17) is 0 Å². The number of rotatable bonds is 2. The Labute approximate surface area is 131 Å². The van der Waals surface area contributed by atoms with E-state index in [2.05, 4.69) is 93.0 Å². The van der Waals surface area contributed by atoms with E-state index in [0.717, 1.165) is 0 Å². The molecule has 20 heavy (non-hydrogen) atoms. The molecule has 0 N–H and O–H groups in total. The molecule has 2 aromatic rings. The van der Waals surface area contributed by atoms with Gasteiger partial charge in [0.25, 0.3) is 0 Å². The van der Waals surface area contributed by atoms with Crippen LogP contribution >= 0.6 is 15.9 Å². The zero-order chi connectivity index (χ0) is 14.9. The molecule has 0 aliphatic carbocycles. The first-order valence-corrected chi connectivity index (χ1v) is 8.02. The maximum Gasteiger partial charge on any atom is 0.0644 e. The highest BCUT2D eigenvalue weighted by Gasteiger charge is 2.15. The summed E-state index contributed by atoms with van der Waals surface area (Å²) < 4.78 is 0. The smallest absolute Gasteiger partial charge is 0.0644 e. The van der Waals surface area contributed by atoms with Crippen LogP contribution in [0.25, 0.3) is 0 Å². The van der Waals surface area contributed by atoms with E-state index in [-0.39, 0.29) is 10.2 Å². The Morgan fingerprint density at radius 1 is 0.800 bits per heavy atom. The van der Waals surface area contributed by atoms with Gasteiger partial charge in [0.1, 0.15) is 0 Å². The fourth-order valence-corrected chi connectivity index (χ4v) is 2.86. The van der Waals surface area contributed by atoms with Gasteiger partial charge in [-0.3, -0.25) is 0 Å². The van der Waals surface area contributed by atoms with Crippen LogP contribution in [0.1, 0.15) is 53.4 Å². The van der Waals surface area contributed by atoms with Crippen LogP contribution in [0.4, 0.5) is 0 Å². The molecule has 0 heterocycles. The van der Waals surface area contributed by atoms with Crippen LogP contribution in [0.5, 0.6) is 0 Å². The second kappa shape index (κ2) is 5.73. The Balaban J connectivity index is 2.29. The average molecular weight is 331 g/mol. The summed E-state index contributed by atoms with van der Waals surface area (Å²) in [4.78, 5) is 0.260. The number of hydrogen-bond donors (Lipinski definition) is 0. The van der Waals surface area contributed by atoms with Crippen molar-refractivity contribution in [1.82, 2.24) is 0 Å². The first kappa shape index (κ1) is 15.3. The van der Waals surface area contributed by atoms with Crippen LogP contribution < -0.4 is 0 Å². The molecule has 1 atom stereocenters. The summed E-state index contributed by atoms with van der Waals surface area (Å²) in [5.41, 5.74) is 6.90. The van der Waals surface area contributed by atoms with E-state index in [1.165, 1.54) is 27.8 Å². The number of aryl methyl sites for hydroxylation is 2. The molecule has 0 aliphatic heterocycles. The Bertz CT molecular complexity index is 588. The molecule has 0 amide bonds. The lowest BCUT2D eigenvalue weighted by Crippen LogP contribution is -2.10. The molecule has 2 rings (SSSR count). The van der Waals surface area contributed by atoms with Crippen molar-refractivity contribution in [3.63, 3.8) is 0 Å². The standard InChI is InChI=1S/C19H23Br/c1-13-6-7-16(12-14(13)2)18(20)15-8-10-17(11-9-15)19(3,4)5/h6-12,18H,1-5H3. The minimum Gasteiger partial charge on any atom is -0.0786 e. The van der Waals surface area contributed by atoms with Crippen molar-refractivity contribution in [1.29, 1.82) is 0 Å². The molecular weight excluding hydrogens is 308 g/mol. The zero-order valence-electron chi connectivity index (χ0n) is 13.0. The molecule has 0 bridgehead atoms. The van der Waals surface area contributed by atoms with Crippen LogP contribution in [0.3, 0.4) is 0 Å². The third kappa shape index (κ3) is 3.32. The molecule has 0 nitrogen and oxygen atoms in total. The monoisotopic (exact) mass is 330 g/mol. The maximum absolute atomic E-state index is 3.83. The normalized spacial score (nSPS) is 13.3. The highest BCUT2D eigenvalue weighted by Crippen LogP contribution is 2.33. The van der Waals surface area contributed by atoms with E-state index in [1.807, 2.05) is 0 Å². The number of benzene rings is 2. The van der Waals surface area contributed by atoms with Gasteiger partial charge in [-0.15, -0.1) is 0 Å². The zero-order valence-corrected chi connectivity index (χ0v) is 14.6. The lowest BCUT2D eigenvalue weighted by molar-refractivity contribution is 0.590. The molecular formula is C19H23Br. The fourth-order valence-electron chi connectivity index (χ4n) is 2.27. The minimum absolute atomic E-state index is 0.209. The van der Waals surface area contributed by atoms with Crippen molar-refractivity contribution in [2.75, 3.05) is 0 Å². The van der Waals surface area contributed by atoms with E-state index in [0.29, 0.717) is 0 Å². The van der Waals surface area contributed by atoms with Gasteiger partial charge in [0.05, 0.1) is 4.83 Å². The van der Waals surface area contributed by atoms with E-state index >= 15 is 0 Å². The number of halogens is 1. The lowest BCUT2D eigenvalue weighted by atomic mass is 9.86. The van der Waals surface area contributed by atoms with Crippen molar-refractivity contribution >= 4 is 15.9 Å². The number of alkyl halides is 1. The topological polar surface area (TPSA) is 0 Å². The Morgan fingerprint density at radius 3 is 1.85 bits per heavy atom. The quantitative estimate of drug-likeness (QED) is 0.585. The summed E-state index contributed by atoms with van der Waals surface area (Å²) in [7, 11) is 0. The molecule has 1 heteroatoms. The van der Waals surface area contributed by atoms with Crippen molar-refractivity contribution in [2.24, 2.45) is 0 Å². The predicted octanol–water partition coefficient (Wildman–Crippen LogP) is 6.09. The van der Waals surface area contributed by atoms with E-state index in [1.54, 1.807) is 0 Å². The molecule has 0 aliphatic rings. The lowest BCUT2D eigenvalue weighted by Gasteiger charge is -2.20. The van der Waals surface area contributed by atoms with Crippen molar-refractivity contribution in [2.45, 2.75) is 44.9 Å². The molecule has 0 saturated heterocycles. The van der Waals surface area contributed by atoms with Crippen LogP contribution in [-0.4, -0.2) is 0 Å². The second-order valence-corrected chi connectivity index (χ2v) is 7.49. The third-order valence-corrected chi connectivity index (χ3v) is 4.95. The molecule has 106 valence electrons. The second-order valence-electron chi connectivity index (χ2n) is 6.58. The van der Waals surface area contributed by atoms with Crippen LogP contribution in [-0.2, 0) is 5.41 Å². The minimum atomic E-state index is 0.209. The predicted molar refractivity (Wildman–Crippen MR) is 91.8 cm³/mol. The maximum atomic E-state index is 3.83. The van der Waals surface area contributed by atoms with Crippen molar-refractivity contribution in [3.05, 3.63) is 70.3 Å². The largest absolute Gasteiger partial charge is 0.0786 e. The van der Waals surface area contributed by atoms with E-state index < -0.39 is 0 Å². The summed E-state index contributed by atoms with van der Waals surface area (Å²) in [6, 6.07) is 15.6. The van der Waals surface area contributed by atoms with Gasteiger partial charge >= 0.3 is 0 Å². The molecule has 0 aromatic heterocycles. The van der Waals surface area contributed by atoms with E-state index in [9.17, 15) is 0 Å². The molecule has 0 radical (unpaired) electrons. The first-order chi connectivity index (χ1) is 9.29. The van der Waals surface area contributed by atoms with Crippen molar-refractivity contribution in [3.8, 4) is 0 Å². The van der Waals surface area contributed by atoms with Gasteiger partial charge in [-0.05, 0) is 47.1 Å². The third-order valence-electron chi connectivity index (χ3n) is 3.89. The summed E-state index contributed by atoms with van der Waals surface area (Å²) in [6.45, 7) is 11.1. The summed E-state index contributed by atoms with van der Waals surface area (Å²) in [6.07, 6.45) is 0. The summed E-state index contributed by atoms with van der Waals surface area (Å²) in [5.74, 6) is 0. The molecule has 0 saturated carbocycles. The Hall–Kier alpha value is -1.08. The van der Waals surface area contributed by atoms with Gasteiger partial charge < -0.3 is 0 Å². The average Bonchev–Trinajstić information content (AvgIpc) is 2.40. The summed E-state index contributed by atoms with van der Waals surface area (Å²) in [5, 5.41) is 0. The first-order valence-electron chi connectivity index (χ1n) is 7.10. The van der Waals surface area contributed by atoms with Gasteiger partial charge in [0.2, 0.25) is 0 Å². The fraction of sp³-hybridized carbons (Fsp3) is 0.368. The Morgan fingerprint density at radius 2 is 1.35 bits per heavy atom. The highest BCUT2D eigenvalue weighted by molar-refractivity contribution is 9.09. The number of hydrogen-bond acceptors (Lipinski definition) is 0. The van der Waals surface area contributed by atoms with Gasteiger partial charge in [0.15, 0.2) is 0 Å². The van der Waals surface area contributed by atoms with Gasteiger partial charge in [0, 0.05) is 0 Å². The van der Waals surface area contributed by atoms with Crippen LogP contribution in [0.2, 0.25) is 0 Å². The van der Waals surface area contributed by atoms with Crippen LogP contribution in [0, 0.1) is 13.8 Å². The highest BCUT2D eigenvalue weighted by atomic mass is 79.9. The summed E-state index contributed by atoms with van der Waals surface area (Å²) >= 11 is 3.83. The Kier molecular flexibility index (Phi) is 4.39. The van der Waals surface area contributed by atoms with Gasteiger partial charge in [-0.25, -0.2) is 0 Å². The molecule has 1 unspecified atom stereocenters. The molecule has 2 aromatic carbocycles. The van der Waals surface area contributed by atoms with Gasteiger partial charge in [-0.2, -0.15) is 0 Å². The SMILES string of the molecule is Cc1ccc(C(Br)c2ccc(C(C)(C)C)cc2)cc1C. The van der Waals surface area contributed by atoms with Crippen molar-refractivity contribution < 1.29 is 0 Å². The molecule has 0 fully saturated rings.